The zero-order valence-electron chi connectivity index (χ0n) is 20.6. The molecule has 35 heavy (non-hydrogen) atoms. The van der Waals surface area contributed by atoms with Gasteiger partial charge in [-0.05, 0) is 79.3 Å². The van der Waals surface area contributed by atoms with Gasteiger partial charge < -0.3 is 11.1 Å². The summed E-state index contributed by atoms with van der Waals surface area (Å²) >= 11 is 1.84. The Morgan fingerprint density at radius 3 is 2.74 bits per heavy atom. The van der Waals surface area contributed by atoms with Gasteiger partial charge >= 0.3 is 6.03 Å². The van der Waals surface area contributed by atoms with Crippen LogP contribution < -0.4 is 16.5 Å². The number of rotatable bonds is 4. The van der Waals surface area contributed by atoms with E-state index in [0.29, 0.717) is 17.8 Å². The van der Waals surface area contributed by atoms with Crippen LogP contribution in [0.3, 0.4) is 0 Å². The Labute approximate surface area is 211 Å². The molecular weight excluding hydrogens is 454 g/mol. The molecule has 2 aromatic rings. The van der Waals surface area contributed by atoms with Crippen molar-refractivity contribution in [3.05, 3.63) is 52.5 Å². The van der Waals surface area contributed by atoms with Crippen LogP contribution in [-0.2, 0) is 13.0 Å². The van der Waals surface area contributed by atoms with Crippen molar-refractivity contribution in [3.63, 3.8) is 0 Å². The number of allylic oxidation sites excluding steroid dienone is 2. The van der Waals surface area contributed by atoms with Crippen molar-refractivity contribution < 1.29 is 4.79 Å². The number of nitrogens with one attached hydrogen (secondary N) is 2. The molecule has 2 amide bonds. The van der Waals surface area contributed by atoms with Crippen LogP contribution in [0.1, 0.15) is 68.5 Å². The SMILES string of the molecule is C[C@]12CCc3nc(NCc4ccccc4)sc3C1=CC[C@@H]1[C@@H]2CC[C@]2(C)/C(=N/NC(N)=O)CC[C@@H]12. The molecular formula is C28H35N5OS. The quantitative estimate of drug-likeness (QED) is 0.463. The second-order valence-corrected chi connectivity index (χ2v) is 12.3. The highest BCUT2D eigenvalue weighted by atomic mass is 32.1. The van der Waals surface area contributed by atoms with Crippen molar-refractivity contribution in [3.8, 4) is 0 Å². The molecule has 0 radical (unpaired) electrons. The number of aryl methyl sites for hydroxylation is 1. The fourth-order valence-corrected chi connectivity index (χ4v) is 9.01. The van der Waals surface area contributed by atoms with Gasteiger partial charge in [0.1, 0.15) is 0 Å². The van der Waals surface area contributed by atoms with E-state index in [0.717, 1.165) is 49.5 Å². The standard InChI is InChI=1S/C28H35N5OS/c1-27-15-13-22-24(35-26(31-22)30-16-17-6-4-3-5-7-17)21(27)9-8-18-19-10-11-23(32-33-25(29)34)28(19,2)14-12-20(18)27/h3-7,9,18-20H,8,10-16H2,1-2H3,(H,30,31)(H3,29,33,34)/b32-23+/t18-,19-,20-,27+,28-/m0/s1. The van der Waals surface area contributed by atoms with Crippen LogP contribution in [-0.4, -0.2) is 16.7 Å². The third-order valence-corrected chi connectivity index (χ3v) is 10.7. The molecule has 6 rings (SSSR count). The number of fused-ring (bicyclic) bond motifs is 7. The normalized spacial score (nSPS) is 34.3. The lowest BCUT2D eigenvalue weighted by atomic mass is 9.48. The second-order valence-electron chi connectivity index (χ2n) is 11.3. The molecule has 0 aliphatic heterocycles. The maximum atomic E-state index is 11.3. The molecule has 2 fully saturated rings. The fraction of sp³-hybridized carbons (Fsp3) is 0.536. The number of amides is 2. The molecule has 4 aliphatic rings. The molecule has 2 saturated carbocycles. The first-order valence-corrected chi connectivity index (χ1v) is 13.8. The number of benzene rings is 1. The molecule has 7 heteroatoms. The summed E-state index contributed by atoms with van der Waals surface area (Å²) in [5, 5.41) is 9.06. The van der Waals surface area contributed by atoms with Gasteiger partial charge in [-0.15, -0.1) is 0 Å². The van der Waals surface area contributed by atoms with Crippen molar-refractivity contribution in [1.29, 1.82) is 0 Å². The molecule has 0 bridgehead atoms. The Bertz CT molecular complexity index is 1200. The van der Waals surface area contributed by atoms with Crippen molar-refractivity contribution in [1.82, 2.24) is 10.4 Å². The van der Waals surface area contributed by atoms with Crippen molar-refractivity contribution in [2.75, 3.05) is 5.32 Å². The fourth-order valence-electron chi connectivity index (χ4n) is 7.82. The van der Waals surface area contributed by atoms with E-state index in [-0.39, 0.29) is 10.8 Å². The maximum Gasteiger partial charge on any atom is 0.332 e. The van der Waals surface area contributed by atoms with E-state index >= 15 is 0 Å². The number of primary amides is 1. The zero-order chi connectivity index (χ0) is 24.2. The largest absolute Gasteiger partial charge is 0.357 e. The first-order valence-electron chi connectivity index (χ1n) is 13.0. The molecule has 184 valence electrons. The van der Waals surface area contributed by atoms with Gasteiger partial charge in [-0.3, -0.25) is 0 Å². The Kier molecular flexibility index (Phi) is 5.51. The highest BCUT2D eigenvalue weighted by molar-refractivity contribution is 7.16. The lowest BCUT2D eigenvalue weighted by molar-refractivity contribution is 0.0116. The van der Waals surface area contributed by atoms with E-state index in [1.54, 1.807) is 5.57 Å². The third-order valence-electron chi connectivity index (χ3n) is 9.62. The summed E-state index contributed by atoms with van der Waals surface area (Å²) in [5.41, 5.74) is 13.3. The van der Waals surface area contributed by atoms with E-state index in [1.165, 1.54) is 29.0 Å². The van der Waals surface area contributed by atoms with Gasteiger partial charge in [0.2, 0.25) is 0 Å². The molecule has 1 aromatic carbocycles. The van der Waals surface area contributed by atoms with Gasteiger partial charge in [0.15, 0.2) is 5.13 Å². The number of hydrogen-bond acceptors (Lipinski definition) is 5. The van der Waals surface area contributed by atoms with Crippen LogP contribution in [0.5, 0.6) is 0 Å². The molecule has 6 nitrogen and oxygen atoms in total. The van der Waals surface area contributed by atoms with E-state index < -0.39 is 6.03 Å². The Hall–Kier alpha value is -2.67. The first kappa shape index (κ1) is 22.8. The van der Waals surface area contributed by atoms with Crippen LogP contribution in [0.4, 0.5) is 9.93 Å². The van der Waals surface area contributed by atoms with Gasteiger partial charge in [0.25, 0.3) is 0 Å². The summed E-state index contributed by atoms with van der Waals surface area (Å²) in [6, 6.07) is 9.96. The van der Waals surface area contributed by atoms with Crippen LogP contribution >= 0.6 is 11.3 Å². The van der Waals surface area contributed by atoms with E-state index in [9.17, 15) is 4.79 Å². The number of aromatic nitrogens is 1. The Balaban J connectivity index is 1.25. The number of nitrogens with zero attached hydrogens (tertiary/aromatic N) is 2. The van der Waals surface area contributed by atoms with E-state index in [2.05, 4.69) is 66.1 Å². The van der Waals surface area contributed by atoms with Crippen molar-refractivity contribution in [2.45, 2.75) is 65.3 Å². The molecule has 4 aliphatic carbocycles. The zero-order valence-corrected chi connectivity index (χ0v) is 21.5. The number of carbonyl (C=O) groups excluding carboxylic acids is 1. The summed E-state index contributed by atoms with van der Waals surface area (Å²) in [6.45, 7) is 5.70. The van der Waals surface area contributed by atoms with Crippen LogP contribution in [0, 0.1) is 28.6 Å². The average molecular weight is 490 g/mol. The summed E-state index contributed by atoms with van der Waals surface area (Å²) in [5.74, 6) is 1.99. The third kappa shape index (κ3) is 3.70. The minimum absolute atomic E-state index is 0.0736. The predicted octanol–water partition coefficient (Wildman–Crippen LogP) is 5.96. The highest BCUT2D eigenvalue weighted by Crippen LogP contribution is 2.65. The van der Waals surface area contributed by atoms with E-state index in [4.69, 9.17) is 10.7 Å². The van der Waals surface area contributed by atoms with Crippen LogP contribution in [0.15, 0.2) is 41.5 Å². The molecule has 4 N–H and O–H groups in total. The van der Waals surface area contributed by atoms with Gasteiger partial charge in [-0.2, -0.15) is 5.10 Å². The Morgan fingerprint density at radius 2 is 1.94 bits per heavy atom. The number of anilines is 1. The summed E-state index contributed by atoms with van der Waals surface area (Å²) < 4.78 is 0. The molecule has 1 aromatic heterocycles. The van der Waals surface area contributed by atoms with Crippen molar-refractivity contribution in [2.24, 2.45) is 39.4 Å². The Morgan fingerprint density at radius 1 is 1.14 bits per heavy atom. The lowest BCUT2D eigenvalue weighted by Crippen LogP contribution is -2.49. The lowest BCUT2D eigenvalue weighted by Gasteiger charge is -2.56. The molecule has 0 spiro atoms. The number of hydrazone groups is 1. The van der Waals surface area contributed by atoms with Gasteiger partial charge in [0, 0.05) is 17.7 Å². The van der Waals surface area contributed by atoms with Crippen molar-refractivity contribution >= 4 is 33.8 Å². The summed E-state index contributed by atoms with van der Waals surface area (Å²) in [4.78, 5) is 17.7. The smallest absolute Gasteiger partial charge is 0.332 e. The topological polar surface area (TPSA) is 92.4 Å². The number of nitrogens with two attached hydrogens (primary N) is 1. The van der Waals surface area contributed by atoms with Crippen LogP contribution in [0.25, 0.3) is 5.57 Å². The molecule has 1 heterocycles. The number of urea groups is 1. The molecule has 5 atom stereocenters. The van der Waals surface area contributed by atoms with Crippen LogP contribution in [0.2, 0.25) is 0 Å². The van der Waals surface area contributed by atoms with Gasteiger partial charge in [-0.25, -0.2) is 15.2 Å². The number of carbonyl (C=O) groups is 1. The first-order chi connectivity index (χ1) is 16.9. The molecule has 0 unspecified atom stereocenters. The van der Waals surface area contributed by atoms with Gasteiger partial charge in [0.05, 0.1) is 10.6 Å². The summed E-state index contributed by atoms with van der Waals surface area (Å²) in [7, 11) is 0. The average Bonchev–Trinajstić information content (AvgIpc) is 3.42. The minimum atomic E-state index is -0.573. The van der Waals surface area contributed by atoms with E-state index in [1.807, 2.05) is 11.3 Å². The molecule has 0 saturated heterocycles. The minimum Gasteiger partial charge on any atom is -0.357 e. The number of thiazole rings is 1. The highest BCUT2D eigenvalue weighted by Gasteiger charge is 2.58. The summed E-state index contributed by atoms with van der Waals surface area (Å²) in [6.07, 6.45) is 10.4. The van der Waals surface area contributed by atoms with Gasteiger partial charge in [-0.1, -0.05) is 61.6 Å². The number of hydrogen-bond donors (Lipinski definition) is 3. The predicted molar refractivity (Wildman–Crippen MR) is 142 cm³/mol. The maximum absolute atomic E-state index is 11.3. The second kappa shape index (κ2) is 8.47. The monoisotopic (exact) mass is 489 g/mol.